The van der Waals surface area contributed by atoms with Crippen LogP contribution in [0.1, 0.15) is 104 Å². The summed E-state index contributed by atoms with van der Waals surface area (Å²) in [5.74, 6) is 0. The number of epoxide rings is 1. The average molecular weight is 268 g/mol. The Kier molecular flexibility index (Phi) is 10.5. The Morgan fingerprint density at radius 2 is 0.895 bits per heavy atom. The maximum absolute atomic E-state index is 5.74. The van der Waals surface area contributed by atoms with E-state index in [9.17, 15) is 0 Å². The lowest BCUT2D eigenvalue weighted by Gasteiger charge is -2.01. The topological polar surface area (TPSA) is 12.5 Å². The molecule has 0 aromatic heterocycles. The zero-order valence-electron chi connectivity index (χ0n) is 13.5. The molecule has 2 atom stereocenters. The van der Waals surface area contributed by atoms with E-state index >= 15 is 0 Å². The van der Waals surface area contributed by atoms with Crippen molar-refractivity contribution < 1.29 is 4.74 Å². The largest absolute Gasteiger partial charge is 0.370 e. The zero-order valence-corrected chi connectivity index (χ0v) is 13.5. The van der Waals surface area contributed by atoms with Crippen molar-refractivity contribution in [2.24, 2.45) is 0 Å². The standard InChI is InChI=1S/C18H36O/c1-3-5-7-8-9-10-11-12-14-16-18-17(19-18)15-13-6-4-2/h17-18H,3-16H2,1-2H3. The number of ether oxygens (including phenoxy) is 1. The quantitative estimate of drug-likeness (QED) is 0.268. The minimum Gasteiger partial charge on any atom is -0.370 e. The summed E-state index contributed by atoms with van der Waals surface area (Å²) in [6, 6.07) is 0. The van der Waals surface area contributed by atoms with Gasteiger partial charge in [0.05, 0.1) is 12.2 Å². The molecule has 1 nitrogen and oxygen atoms in total. The van der Waals surface area contributed by atoms with Crippen molar-refractivity contribution in [2.75, 3.05) is 0 Å². The van der Waals surface area contributed by atoms with Crippen molar-refractivity contribution >= 4 is 0 Å². The molecule has 0 N–H and O–H groups in total. The number of hydrogen-bond donors (Lipinski definition) is 0. The van der Waals surface area contributed by atoms with Crippen LogP contribution in [0.15, 0.2) is 0 Å². The molecule has 19 heavy (non-hydrogen) atoms. The number of rotatable bonds is 14. The van der Waals surface area contributed by atoms with Crippen LogP contribution in [-0.2, 0) is 4.74 Å². The Morgan fingerprint density at radius 1 is 0.526 bits per heavy atom. The first-order chi connectivity index (χ1) is 9.38. The summed E-state index contributed by atoms with van der Waals surface area (Å²) in [5, 5.41) is 0. The van der Waals surface area contributed by atoms with Crippen LogP contribution in [0.5, 0.6) is 0 Å². The molecule has 0 spiro atoms. The Morgan fingerprint density at radius 3 is 1.42 bits per heavy atom. The lowest BCUT2D eigenvalue weighted by Crippen LogP contribution is -1.94. The van der Waals surface area contributed by atoms with Gasteiger partial charge in [-0.2, -0.15) is 0 Å². The summed E-state index contributed by atoms with van der Waals surface area (Å²) in [6.45, 7) is 4.56. The first kappa shape index (κ1) is 17.0. The predicted octanol–water partition coefficient (Wildman–Crippen LogP) is 6.26. The van der Waals surface area contributed by atoms with Gasteiger partial charge in [0.1, 0.15) is 0 Å². The molecule has 0 aromatic rings. The smallest absolute Gasteiger partial charge is 0.0841 e. The van der Waals surface area contributed by atoms with E-state index in [1.54, 1.807) is 0 Å². The van der Waals surface area contributed by atoms with E-state index in [1.165, 1.54) is 89.9 Å². The van der Waals surface area contributed by atoms with Crippen molar-refractivity contribution in [1.82, 2.24) is 0 Å². The van der Waals surface area contributed by atoms with Crippen molar-refractivity contribution in [1.29, 1.82) is 0 Å². The lowest BCUT2D eigenvalue weighted by atomic mass is 10.0. The average Bonchev–Trinajstić information content (AvgIpc) is 3.16. The Hall–Kier alpha value is -0.0400. The first-order valence-electron chi connectivity index (χ1n) is 9.04. The fourth-order valence-corrected chi connectivity index (χ4v) is 2.94. The molecule has 1 rings (SSSR count). The van der Waals surface area contributed by atoms with Crippen LogP contribution in [0.2, 0.25) is 0 Å². The minimum atomic E-state index is 0.639. The molecule has 0 aromatic carbocycles. The molecule has 0 saturated carbocycles. The molecule has 1 aliphatic rings. The van der Waals surface area contributed by atoms with Gasteiger partial charge in [0.2, 0.25) is 0 Å². The first-order valence-corrected chi connectivity index (χ1v) is 9.04. The van der Waals surface area contributed by atoms with E-state index in [4.69, 9.17) is 4.74 Å². The van der Waals surface area contributed by atoms with Crippen LogP contribution >= 0.6 is 0 Å². The van der Waals surface area contributed by atoms with Crippen molar-refractivity contribution in [3.8, 4) is 0 Å². The van der Waals surface area contributed by atoms with Crippen LogP contribution in [0.4, 0.5) is 0 Å². The predicted molar refractivity (Wildman–Crippen MR) is 84.6 cm³/mol. The van der Waals surface area contributed by atoms with Gasteiger partial charge in [-0.3, -0.25) is 0 Å². The second kappa shape index (κ2) is 11.8. The Bertz CT molecular complexity index is 190. The fraction of sp³-hybridized carbons (Fsp3) is 1.00. The third-order valence-corrected chi connectivity index (χ3v) is 4.37. The molecular formula is C18H36O. The van der Waals surface area contributed by atoms with Crippen LogP contribution in [0.3, 0.4) is 0 Å². The van der Waals surface area contributed by atoms with Gasteiger partial charge in [0, 0.05) is 0 Å². The molecule has 0 bridgehead atoms. The second-order valence-corrected chi connectivity index (χ2v) is 6.33. The highest BCUT2D eigenvalue weighted by molar-refractivity contribution is 4.84. The summed E-state index contributed by atoms with van der Waals surface area (Å²) in [6.07, 6.45) is 20.9. The van der Waals surface area contributed by atoms with Gasteiger partial charge in [-0.05, 0) is 12.8 Å². The van der Waals surface area contributed by atoms with E-state index in [1.807, 2.05) is 0 Å². The van der Waals surface area contributed by atoms with Gasteiger partial charge in [0.15, 0.2) is 0 Å². The van der Waals surface area contributed by atoms with Gasteiger partial charge >= 0.3 is 0 Å². The summed E-state index contributed by atoms with van der Waals surface area (Å²) in [4.78, 5) is 0. The normalized spacial score (nSPS) is 21.8. The number of unbranched alkanes of at least 4 members (excludes halogenated alkanes) is 10. The van der Waals surface area contributed by atoms with Crippen LogP contribution in [0, 0.1) is 0 Å². The van der Waals surface area contributed by atoms with E-state index in [0.717, 1.165) is 0 Å². The van der Waals surface area contributed by atoms with Gasteiger partial charge in [-0.25, -0.2) is 0 Å². The van der Waals surface area contributed by atoms with Gasteiger partial charge in [-0.15, -0.1) is 0 Å². The van der Waals surface area contributed by atoms with E-state index in [-0.39, 0.29) is 0 Å². The summed E-state index contributed by atoms with van der Waals surface area (Å²) < 4.78 is 5.74. The molecule has 114 valence electrons. The minimum absolute atomic E-state index is 0.639. The molecule has 1 aliphatic heterocycles. The molecule has 1 fully saturated rings. The maximum Gasteiger partial charge on any atom is 0.0841 e. The monoisotopic (exact) mass is 268 g/mol. The van der Waals surface area contributed by atoms with Crippen LogP contribution in [-0.4, -0.2) is 12.2 Å². The van der Waals surface area contributed by atoms with Gasteiger partial charge in [-0.1, -0.05) is 90.9 Å². The summed E-state index contributed by atoms with van der Waals surface area (Å²) in [5.41, 5.74) is 0. The lowest BCUT2D eigenvalue weighted by molar-refractivity contribution is 0.348. The summed E-state index contributed by atoms with van der Waals surface area (Å²) >= 11 is 0. The highest BCUT2D eigenvalue weighted by Gasteiger charge is 2.36. The van der Waals surface area contributed by atoms with Crippen molar-refractivity contribution in [3.05, 3.63) is 0 Å². The number of hydrogen-bond acceptors (Lipinski definition) is 1. The Labute approximate surface area is 121 Å². The summed E-state index contributed by atoms with van der Waals surface area (Å²) in [7, 11) is 0. The zero-order chi connectivity index (χ0) is 13.8. The molecule has 1 heteroatoms. The fourth-order valence-electron chi connectivity index (χ4n) is 2.94. The van der Waals surface area contributed by atoms with E-state index in [0.29, 0.717) is 12.2 Å². The molecule has 0 radical (unpaired) electrons. The molecule has 1 saturated heterocycles. The van der Waals surface area contributed by atoms with Crippen LogP contribution < -0.4 is 0 Å². The van der Waals surface area contributed by atoms with Crippen molar-refractivity contribution in [2.45, 2.75) is 116 Å². The highest BCUT2D eigenvalue weighted by Crippen LogP contribution is 2.31. The molecular weight excluding hydrogens is 232 g/mol. The molecule has 1 heterocycles. The van der Waals surface area contributed by atoms with Crippen molar-refractivity contribution in [3.63, 3.8) is 0 Å². The molecule has 0 aliphatic carbocycles. The Balaban J connectivity index is 1.73. The van der Waals surface area contributed by atoms with E-state index in [2.05, 4.69) is 13.8 Å². The third kappa shape index (κ3) is 9.49. The third-order valence-electron chi connectivity index (χ3n) is 4.37. The molecule has 2 unspecified atom stereocenters. The van der Waals surface area contributed by atoms with Gasteiger partial charge < -0.3 is 4.74 Å². The second-order valence-electron chi connectivity index (χ2n) is 6.33. The van der Waals surface area contributed by atoms with Gasteiger partial charge in [0.25, 0.3) is 0 Å². The SMILES string of the molecule is CCCCCCCCCCCC1OC1CCCCC. The van der Waals surface area contributed by atoms with Crippen LogP contribution in [0.25, 0.3) is 0 Å². The van der Waals surface area contributed by atoms with E-state index < -0.39 is 0 Å². The highest BCUT2D eigenvalue weighted by atomic mass is 16.6. The maximum atomic E-state index is 5.74. The molecule has 0 amide bonds.